The highest BCUT2D eigenvalue weighted by Crippen LogP contribution is 2.31. The second-order valence-corrected chi connectivity index (χ2v) is 4.82. The largest absolute Gasteiger partial charge is 0.508 e. The summed E-state index contributed by atoms with van der Waals surface area (Å²) < 4.78 is 0. The Morgan fingerprint density at radius 1 is 1.25 bits per heavy atom. The van der Waals surface area contributed by atoms with E-state index in [4.69, 9.17) is 5.73 Å². The topological polar surface area (TPSA) is 46.2 Å². The second kappa shape index (κ2) is 5.35. The van der Waals surface area contributed by atoms with E-state index in [1.165, 1.54) is 11.1 Å². The highest BCUT2D eigenvalue weighted by Gasteiger charge is 2.15. The molecule has 2 heteroatoms. The van der Waals surface area contributed by atoms with Crippen molar-refractivity contribution >= 4 is 0 Å². The molecule has 1 aromatic carbocycles. The summed E-state index contributed by atoms with van der Waals surface area (Å²) >= 11 is 0. The monoisotopic (exact) mass is 221 g/mol. The number of phenolic OH excluding ortho intramolecular Hbond substituents is 1. The van der Waals surface area contributed by atoms with Crippen LogP contribution in [0.4, 0.5) is 0 Å². The van der Waals surface area contributed by atoms with Crippen LogP contribution >= 0.6 is 0 Å². The predicted molar refractivity (Wildman–Crippen MR) is 68.8 cm³/mol. The van der Waals surface area contributed by atoms with E-state index in [9.17, 15) is 5.11 Å². The van der Waals surface area contributed by atoms with E-state index in [1.807, 2.05) is 19.1 Å². The molecule has 1 aromatic rings. The fourth-order valence-electron chi connectivity index (χ4n) is 2.02. The van der Waals surface area contributed by atoms with Crippen molar-refractivity contribution in [2.24, 2.45) is 5.73 Å². The molecule has 0 saturated heterocycles. The summed E-state index contributed by atoms with van der Waals surface area (Å²) in [7, 11) is 0. The van der Waals surface area contributed by atoms with Gasteiger partial charge in [-0.25, -0.2) is 0 Å². The van der Waals surface area contributed by atoms with Crippen LogP contribution in [-0.4, -0.2) is 5.11 Å². The maximum atomic E-state index is 9.74. The number of hydrogen-bond donors (Lipinski definition) is 2. The lowest BCUT2D eigenvalue weighted by Crippen LogP contribution is -2.13. The van der Waals surface area contributed by atoms with Crippen LogP contribution in [0.1, 0.15) is 62.3 Å². The third kappa shape index (κ3) is 2.76. The second-order valence-electron chi connectivity index (χ2n) is 4.82. The van der Waals surface area contributed by atoms with E-state index in [-0.39, 0.29) is 6.04 Å². The van der Waals surface area contributed by atoms with Gasteiger partial charge in [-0.3, -0.25) is 0 Å². The standard InChI is InChI=1S/C14H23NO/c1-5-6-13(15)12-7-10(4)14(16)8-11(12)9(2)3/h7-9,13,16H,5-6,15H2,1-4H3. The molecule has 0 aliphatic carbocycles. The molecular formula is C14H23NO. The van der Waals surface area contributed by atoms with Gasteiger partial charge < -0.3 is 10.8 Å². The van der Waals surface area contributed by atoms with Crippen LogP contribution in [0.2, 0.25) is 0 Å². The van der Waals surface area contributed by atoms with Crippen molar-refractivity contribution < 1.29 is 5.11 Å². The van der Waals surface area contributed by atoms with Gasteiger partial charge in [-0.15, -0.1) is 0 Å². The number of phenols is 1. The smallest absolute Gasteiger partial charge is 0.118 e. The average molecular weight is 221 g/mol. The molecule has 0 spiro atoms. The highest BCUT2D eigenvalue weighted by atomic mass is 16.3. The molecule has 16 heavy (non-hydrogen) atoms. The molecule has 0 aliphatic rings. The Kier molecular flexibility index (Phi) is 4.36. The zero-order valence-corrected chi connectivity index (χ0v) is 10.7. The summed E-state index contributed by atoms with van der Waals surface area (Å²) in [6.45, 7) is 8.32. The first-order valence-corrected chi connectivity index (χ1v) is 6.06. The van der Waals surface area contributed by atoms with Crippen LogP contribution in [0.15, 0.2) is 12.1 Å². The van der Waals surface area contributed by atoms with Gasteiger partial charge in [0.2, 0.25) is 0 Å². The minimum Gasteiger partial charge on any atom is -0.508 e. The summed E-state index contributed by atoms with van der Waals surface area (Å²) in [6, 6.07) is 3.98. The van der Waals surface area contributed by atoms with Crippen molar-refractivity contribution in [3.8, 4) is 5.75 Å². The van der Waals surface area contributed by atoms with Gasteiger partial charge in [0.1, 0.15) is 5.75 Å². The maximum Gasteiger partial charge on any atom is 0.118 e. The van der Waals surface area contributed by atoms with E-state index < -0.39 is 0 Å². The Balaban J connectivity index is 3.19. The number of aromatic hydroxyl groups is 1. The first-order chi connectivity index (χ1) is 7.47. The molecule has 0 bridgehead atoms. The molecule has 0 aliphatic heterocycles. The summed E-state index contributed by atoms with van der Waals surface area (Å²) in [6.07, 6.45) is 2.07. The normalized spacial score (nSPS) is 13.1. The lowest BCUT2D eigenvalue weighted by atomic mass is 9.89. The Morgan fingerprint density at radius 2 is 1.88 bits per heavy atom. The fourth-order valence-corrected chi connectivity index (χ4v) is 2.02. The Bertz CT molecular complexity index is 358. The molecule has 0 aromatic heterocycles. The molecular weight excluding hydrogens is 198 g/mol. The SMILES string of the molecule is CCCC(N)c1cc(C)c(O)cc1C(C)C. The lowest BCUT2D eigenvalue weighted by molar-refractivity contribution is 0.468. The third-order valence-corrected chi connectivity index (χ3v) is 3.02. The molecule has 2 nitrogen and oxygen atoms in total. The molecule has 1 atom stereocenters. The minimum atomic E-state index is 0.0849. The molecule has 0 heterocycles. The van der Waals surface area contributed by atoms with Crippen molar-refractivity contribution in [3.05, 3.63) is 28.8 Å². The average Bonchev–Trinajstić information content (AvgIpc) is 2.21. The Hall–Kier alpha value is -1.02. The van der Waals surface area contributed by atoms with Crippen molar-refractivity contribution in [3.63, 3.8) is 0 Å². The van der Waals surface area contributed by atoms with Crippen molar-refractivity contribution in [2.45, 2.75) is 52.5 Å². The van der Waals surface area contributed by atoms with Crippen LogP contribution in [0.3, 0.4) is 0 Å². The summed E-state index contributed by atoms with van der Waals surface area (Å²) in [5.41, 5.74) is 9.45. The Morgan fingerprint density at radius 3 is 2.38 bits per heavy atom. The number of rotatable bonds is 4. The minimum absolute atomic E-state index is 0.0849. The van der Waals surface area contributed by atoms with Crippen molar-refractivity contribution in [1.29, 1.82) is 0 Å². The van der Waals surface area contributed by atoms with Crippen molar-refractivity contribution in [1.82, 2.24) is 0 Å². The van der Waals surface area contributed by atoms with Crippen LogP contribution in [0.5, 0.6) is 5.75 Å². The van der Waals surface area contributed by atoms with Crippen LogP contribution in [-0.2, 0) is 0 Å². The number of benzene rings is 1. The highest BCUT2D eigenvalue weighted by molar-refractivity contribution is 5.43. The quantitative estimate of drug-likeness (QED) is 0.815. The molecule has 0 amide bonds. The third-order valence-electron chi connectivity index (χ3n) is 3.02. The summed E-state index contributed by atoms with van der Waals surface area (Å²) in [5.74, 6) is 0.764. The van der Waals surface area contributed by atoms with Crippen LogP contribution in [0, 0.1) is 6.92 Å². The lowest BCUT2D eigenvalue weighted by Gasteiger charge is -2.20. The van der Waals surface area contributed by atoms with Gasteiger partial charge in [-0.2, -0.15) is 0 Å². The van der Waals surface area contributed by atoms with E-state index in [1.54, 1.807) is 0 Å². The molecule has 1 rings (SSSR count). The zero-order valence-electron chi connectivity index (χ0n) is 10.7. The van der Waals surface area contributed by atoms with Gasteiger partial charge in [0.25, 0.3) is 0 Å². The van der Waals surface area contributed by atoms with E-state index >= 15 is 0 Å². The molecule has 90 valence electrons. The first-order valence-electron chi connectivity index (χ1n) is 6.06. The molecule has 0 fully saturated rings. The van der Waals surface area contributed by atoms with Gasteiger partial charge in [0.15, 0.2) is 0 Å². The fraction of sp³-hybridized carbons (Fsp3) is 0.571. The number of hydrogen-bond acceptors (Lipinski definition) is 2. The Labute approximate surface area is 98.5 Å². The zero-order chi connectivity index (χ0) is 12.3. The number of aryl methyl sites for hydroxylation is 1. The van der Waals surface area contributed by atoms with Gasteiger partial charge in [0, 0.05) is 6.04 Å². The van der Waals surface area contributed by atoms with Gasteiger partial charge in [-0.1, -0.05) is 33.3 Å². The van der Waals surface area contributed by atoms with Crippen molar-refractivity contribution in [2.75, 3.05) is 0 Å². The molecule has 1 unspecified atom stereocenters. The van der Waals surface area contributed by atoms with E-state index in [0.717, 1.165) is 18.4 Å². The van der Waals surface area contributed by atoms with Crippen LogP contribution in [0.25, 0.3) is 0 Å². The van der Waals surface area contributed by atoms with Gasteiger partial charge in [-0.05, 0) is 42.0 Å². The molecule has 0 saturated carbocycles. The van der Waals surface area contributed by atoms with E-state index in [2.05, 4.69) is 20.8 Å². The molecule has 0 radical (unpaired) electrons. The number of nitrogens with two attached hydrogens (primary N) is 1. The van der Waals surface area contributed by atoms with Gasteiger partial charge >= 0.3 is 0 Å². The van der Waals surface area contributed by atoms with Crippen LogP contribution < -0.4 is 5.73 Å². The van der Waals surface area contributed by atoms with Gasteiger partial charge in [0.05, 0.1) is 0 Å². The molecule has 3 N–H and O–H groups in total. The predicted octanol–water partition coefficient (Wildman–Crippen LogP) is 3.62. The maximum absolute atomic E-state index is 9.74. The summed E-state index contributed by atoms with van der Waals surface area (Å²) in [5, 5.41) is 9.74. The first kappa shape index (κ1) is 13.0. The van der Waals surface area contributed by atoms with E-state index in [0.29, 0.717) is 11.7 Å². The summed E-state index contributed by atoms with van der Waals surface area (Å²) in [4.78, 5) is 0.